The summed E-state index contributed by atoms with van der Waals surface area (Å²) in [6.07, 6.45) is 0. The van der Waals surface area contributed by atoms with Gasteiger partial charge in [0.05, 0.1) is 15.6 Å². The van der Waals surface area contributed by atoms with Crippen molar-refractivity contribution in [1.29, 1.82) is 0 Å². The van der Waals surface area contributed by atoms with E-state index in [1.807, 2.05) is 13.0 Å². The standard InChI is InChI=1S/C14H13BrClNO2S/c1-10-2-7-13(16)14(8-10)17-20(18,19)12-5-3-11(9-15)4-6-12/h2-8,17H,9H2,1H3. The molecule has 0 bridgehead atoms. The van der Waals surface area contributed by atoms with Gasteiger partial charge in [-0.2, -0.15) is 0 Å². The molecule has 0 saturated carbocycles. The van der Waals surface area contributed by atoms with Crippen LogP contribution in [-0.2, 0) is 15.4 Å². The van der Waals surface area contributed by atoms with Crippen LogP contribution in [0.4, 0.5) is 5.69 Å². The highest BCUT2D eigenvalue weighted by Crippen LogP contribution is 2.25. The van der Waals surface area contributed by atoms with E-state index in [1.165, 1.54) is 0 Å². The first-order valence-electron chi connectivity index (χ1n) is 5.86. The Balaban J connectivity index is 2.32. The molecule has 0 heterocycles. The summed E-state index contributed by atoms with van der Waals surface area (Å²) >= 11 is 9.33. The molecule has 2 aromatic carbocycles. The summed E-state index contributed by atoms with van der Waals surface area (Å²) in [5.74, 6) is 0. The quantitative estimate of drug-likeness (QED) is 0.809. The Morgan fingerprint density at radius 3 is 2.40 bits per heavy atom. The first-order chi connectivity index (χ1) is 9.42. The highest BCUT2D eigenvalue weighted by atomic mass is 79.9. The van der Waals surface area contributed by atoms with Crippen LogP contribution in [0.2, 0.25) is 5.02 Å². The fourth-order valence-corrected chi connectivity index (χ4v) is 3.34. The molecule has 2 rings (SSSR count). The maximum absolute atomic E-state index is 12.3. The van der Waals surface area contributed by atoms with Gasteiger partial charge in [0.2, 0.25) is 0 Å². The van der Waals surface area contributed by atoms with Crippen molar-refractivity contribution in [2.45, 2.75) is 17.1 Å². The van der Waals surface area contributed by atoms with Crippen LogP contribution in [0.15, 0.2) is 47.4 Å². The van der Waals surface area contributed by atoms with Gasteiger partial charge in [-0.15, -0.1) is 0 Å². The monoisotopic (exact) mass is 373 g/mol. The van der Waals surface area contributed by atoms with E-state index in [4.69, 9.17) is 11.6 Å². The molecule has 0 aliphatic carbocycles. The summed E-state index contributed by atoms with van der Waals surface area (Å²) in [5.41, 5.74) is 2.33. The minimum absolute atomic E-state index is 0.208. The third-order valence-electron chi connectivity index (χ3n) is 2.75. The van der Waals surface area contributed by atoms with Gasteiger partial charge in [0, 0.05) is 5.33 Å². The molecule has 0 aromatic heterocycles. The highest BCUT2D eigenvalue weighted by Gasteiger charge is 2.15. The second-order valence-electron chi connectivity index (χ2n) is 4.37. The van der Waals surface area contributed by atoms with Crippen LogP contribution in [0.1, 0.15) is 11.1 Å². The summed E-state index contributed by atoms with van der Waals surface area (Å²) in [6, 6.07) is 11.9. The molecule has 0 spiro atoms. The zero-order valence-corrected chi connectivity index (χ0v) is 13.9. The van der Waals surface area contributed by atoms with E-state index in [0.29, 0.717) is 16.0 Å². The lowest BCUT2D eigenvalue weighted by molar-refractivity contribution is 0.601. The van der Waals surface area contributed by atoms with E-state index in [9.17, 15) is 8.42 Å². The summed E-state index contributed by atoms with van der Waals surface area (Å²) in [6.45, 7) is 1.87. The second-order valence-corrected chi connectivity index (χ2v) is 7.02. The summed E-state index contributed by atoms with van der Waals surface area (Å²) in [5, 5.41) is 1.06. The van der Waals surface area contributed by atoms with Gasteiger partial charge in [0.15, 0.2) is 0 Å². The van der Waals surface area contributed by atoms with E-state index in [-0.39, 0.29) is 4.90 Å². The van der Waals surface area contributed by atoms with Crippen LogP contribution in [0, 0.1) is 6.92 Å². The van der Waals surface area contributed by atoms with Crippen LogP contribution in [0.5, 0.6) is 0 Å². The molecule has 0 atom stereocenters. The Morgan fingerprint density at radius 2 is 1.80 bits per heavy atom. The predicted octanol–water partition coefficient (Wildman–Crippen LogP) is 4.34. The molecule has 6 heteroatoms. The Kier molecular flexibility index (Phi) is 4.73. The number of sulfonamides is 1. The lowest BCUT2D eigenvalue weighted by Gasteiger charge is -2.10. The molecule has 1 N–H and O–H groups in total. The van der Waals surface area contributed by atoms with Gasteiger partial charge in [0.1, 0.15) is 0 Å². The Labute approximate surface area is 132 Å². The first kappa shape index (κ1) is 15.4. The normalized spacial score (nSPS) is 11.3. The zero-order valence-electron chi connectivity index (χ0n) is 10.7. The number of hydrogen-bond donors (Lipinski definition) is 1. The van der Waals surface area contributed by atoms with Gasteiger partial charge in [-0.1, -0.05) is 45.7 Å². The lowest BCUT2D eigenvalue weighted by Crippen LogP contribution is -2.13. The summed E-state index contributed by atoms with van der Waals surface area (Å²) < 4.78 is 27.1. The smallest absolute Gasteiger partial charge is 0.261 e. The number of rotatable bonds is 4. The van der Waals surface area contributed by atoms with Gasteiger partial charge in [-0.25, -0.2) is 8.42 Å². The number of nitrogens with one attached hydrogen (secondary N) is 1. The van der Waals surface area contributed by atoms with E-state index < -0.39 is 10.0 Å². The van der Waals surface area contributed by atoms with Crippen molar-refractivity contribution in [1.82, 2.24) is 0 Å². The van der Waals surface area contributed by atoms with E-state index in [0.717, 1.165) is 11.1 Å². The van der Waals surface area contributed by atoms with E-state index in [2.05, 4.69) is 20.7 Å². The van der Waals surface area contributed by atoms with Crippen LogP contribution < -0.4 is 4.72 Å². The van der Waals surface area contributed by atoms with Crippen molar-refractivity contribution in [2.24, 2.45) is 0 Å². The maximum Gasteiger partial charge on any atom is 0.261 e. The third kappa shape index (κ3) is 3.53. The van der Waals surface area contributed by atoms with Gasteiger partial charge >= 0.3 is 0 Å². The van der Waals surface area contributed by atoms with Crippen molar-refractivity contribution in [3.63, 3.8) is 0 Å². The molecule has 106 valence electrons. The molecule has 0 amide bonds. The highest BCUT2D eigenvalue weighted by molar-refractivity contribution is 9.08. The zero-order chi connectivity index (χ0) is 14.8. The topological polar surface area (TPSA) is 46.2 Å². The molecule has 2 aromatic rings. The largest absolute Gasteiger partial charge is 0.278 e. The molecular formula is C14H13BrClNO2S. The second kappa shape index (κ2) is 6.16. The summed E-state index contributed by atoms with van der Waals surface area (Å²) in [7, 11) is -3.63. The van der Waals surface area contributed by atoms with Crippen molar-refractivity contribution in [2.75, 3.05) is 4.72 Å². The third-order valence-corrected chi connectivity index (χ3v) is 5.11. The van der Waals surface area contributed by atoms with Gasteiger partial charge in [0.25, 0.3) is 10.0 Å². The van der Waals surface area contributed by atoms with Crippen LogP contribution in [0.25, 0.3) is 0 Å². The Bertz CT molecular complexity index is 714. The van der Waals surface area contributed by atoms with Crippen molar-refractivity contribution >= 4 is 43.2 Å². The first-order valence-corrected chi connectivity index (χ1v) is 8.84. The number of benzene rings is 2. The Morgan fingerprint density at radius 1 is 1.15 bits per heavy atom. The van der Waals surface area contributed by atoms with Crippen molar-refractivity contribution in [3.8, 4) is 0 Å². The summed E-state index contributed by atoms with van der Waals surface area (Å²) in [4.78, 5) is 0.208. The number of alkyl halides is 1. The van der Waals surface area contributed by atoms with E-state index >= 15 is 0 Å². The molecule has 0 radical (unpaired) electrons. The molecule has 0 unspecified atom stereocenters. The van der Waals surface area contributed by atoms with Gasteiger partial charge in [-0.3, -0.25) is 4.72 Å². The fourth-order valence-electron chi connectivity index (χ4n) is 1.68. The minimum atomic E-state index is -3.63. The average molecular weight is 375 g/mol. The minimum Gasteiger partial charge on any atom is -0.278 e. The molecule has 0 saturated heterocycles. The number of aryl methyl sites for hydroxylation is 1. The van der Waals surface area contributed by atoms with Gasteiger partial charge in [-0.05, 0) is 42.3 Å². The van der Waals surface area contributed by atoms with Crippen LogP contribution in [-0.4, -0.2) is 8.42 Å². The number of anilines is 1. The van der Waals surface area contributed by atoms with Crippen LogP contribution in [0.3, 0.4) is 0 Å². The molecule has 0 aliphatic rings. The van der Waals surface area contributed by atoms with Crippen LogP contribution >= 0.6 is 27.5 Å². The molecule has 0 fully saturated rings. The Hall–Kier alpha value is -1.04. The predicted molar refractivity (Wildman–Crippen MR) is 86.1 cm³/mol. The van der Waals surface area contributed by atoms with E-state index in [1.54, 1.807) is 36.4 Å². The van der Waals surface area contributed by atoms with Crippen molar-refractivity contribution < 1.29 is 8.42 Å². The molecular weight excluding hydrogens is 362 g/mol. The maximum atomic E-state index is 12.3. The van der Waals surface area contributed by atoms with Gasteiger partial charge < -0.3 is 0 Å². The SMILES string of the molecule is Cc1ccc(Cl)c(NS(=O)(=O)c2ccc(CBr)cc2)c1. The molecule has 3 nitrogen and oxygen atoms in total. The fraction of sp³-hybridized carbons (Fsp3) is 0.143. The number of halogens is 2. The lowest BCUT2D eigenvalue weighted by atomic mass is 10.2. The molecule has 0 aliphatic heterocycles. The number of hydrogen-bond acceptors (Lipinski definition) is 2. The average Bonchev–Trinajstić information content (AvgIpc) is 2.43. The molecule has 20 heavy (non-hydrogen) atoms. The van der Waals surface area contributed by atoms with Crippen molar-refractivity contribution in [3.05, 3.63) is 58.6 Å².